The molecular formula is C16H13FN2O3S. The Labute approximate surface area is 133 Å². The van der Waals surface area contributed by atoms with Gasteiger partial charge in [-0.1, -0.05) is 17.9 Å². The molecule has 1 N–H and O–H groups in total. The zero-order valence-corrected chi connectivity index (χ0v) is 13.0. The molecular weight excluding hydrogens is 319 g/mol. The molecule has 7 heteroatoms. The van der Waals surface area contributed by atoms with Crippen LogP contribution in [0.4, 0.5) is 10.1 Å². The summed E-state index contributed by atoms with van der Waals surface area (Å²) in [5.41, 5.74) is 0.00719. The van der Waals surface area contributed by atoms with Gasteiger partial charge >= 0.3 is 5.97 Å². The van der Waals surface area contributed by atoms with Gasteiger partial charge in [0.1, 0.15) is 16.2 Å². The van der Waals surface area contributed by atoms with Gasteiger partial charge in [0.05, 0.1) is 21.3 Å². The molecule has 0 radical (unpaired) electrons. The fourth-order valence-electron chi connectivity index (χ4n) is 3.22. The molecule has 23 heavy (non-hydrogen) atoms. The van der Waals surface area contributed by atoms with Crippen molar-refractivity contribution >= 4 is 45.3 Å². The van der Waals surface area contributed by atoms with Gasteiger partial charge in [0.2, 0.25) is 5.43 Å². The Hall–Kier alpha value is -2.41. The van der Waals surface area contributed by atoms with Crippen LogP contribution in [0, 0.1) is 5.82 Å². The number of halogens is 1. The van der Waals surface area contributed by atoms with Gasteiger partial charge in [-0.05, 0) is 25.0 Å². The van der Waals surface area contributed by atoms with Gasteiger partial charge in [0, 0.05) is 13.1 Å². The van der Waals surface area contributed by atoms with Gasteiger partial charge < -0.3 is 10.0 Å². The number of carbonyl (C=O) groups is 1. The maximum Gasteiger partial charge on any atom is 0.342 e. The summed E-state index contributed by atoms with van der Waals surface area (Å²) in [7, 11) is 0. The topological polar surface area (TPSA) is 62.0 Å². The molecule has 0 aliphatic carbocycles. The van der Waals surface area contributed by atoms with E-state index >= 15 is 0 Å². The van der Waals surface area contributed by atoms with Crippen LogP contribution < -0.4 is 15.0 Å². The quantitative estimate of drug-likeness (QED) is 0.780. The van der Waals surface area contributed by atoms with E-state index in [2.05, 4.69) is 6.58 Å². The number of nitrogens with zero attached hydrogens (tertiary/aromatic N) is 2. The number of pyridine rings is 1. The number of aromatic nitrogens is 1. The standard InChI is InChI=1S/C16H13FN2O3S/c1-8-19-11-7-12(18-4-2-3-5-18)10(17)6-9(11)14(20)13(16(21)22)15(19)23-8/h6-7H,1-5H2,(H,21,22). The second kappa shape index (κ2) is 4.79. The fraction of sp³-hybridized carbons (Fsp3) is 0.250. The van der Waals surface area contributed by atoms with Crippen LogP contribution in [0.5, 0.6) is 0 Å². The molecule has 1 fully saturated rings. The maximum absolute atomic E-state index is 14.5. The lowest BCUT2D eigenvalue weighted by Crippen LogP contribution is -2.26. The largest absolute Gasteiger partial charge is 0.477 e. The van der Waals surface area contributed by atoms with Crippen LogP contribution in [-0.2, 0) is 0 Å². The van der Waals surface area contributed by atoms with Crippen molar-refractivity contribution in [2.45, 2.75) is 12.8 Å². The third-order valence-corrected chi connectivity index (χ3v) is 5.32. The van der Waals surface area contributed by atoms with Crippen molar-refractivity contribution < 1.29 is 14.3 Å². The molecule has 0 spiro atoms. The van der Waals surface area contributed by atoms with Crippen LogP contribution in [0.1, 0.15) is 23.2 Å². The zero-order valence-electron chi connectivity index (χ0n) is 12.1. The summed E-state index contributed by atoms with van der Waals surface area (Å²) in [6.45, 7) is 5.42. The van der Waals surface area contributed by atoms with Crippen molar-refractivity contribution in [2.75, 3.05) is 18.0 Å². The molecule has 3 aromatic rings. The lowest BCUT2D eigenvalue weighted by molar-refractivity contribution is 0.0697. The average Bonchev–Trinajstić information content (AvgIpc) is 3.00. The van der Waals surface area contributed by atoms with Crippen molar-refractivity contribution in [3.8, 4) is 0 Å². The molecule has 0 unspecified atom stereocenters. The van der Waals surface area contributed by atoms with E-state index in [9.17, 15) is 19.1 Å². The summed E-state index contributed by atoms with van der Waals surface area (Å²) in [6, 6.07) is 2.79. The first kappa shape index (κ1) is 14.2. The van der Waals surface area contributed by atoms with Crippen LogP contribution in [0.15, 0.2) is 16.9 Å². The molecule has 5 nitrogen and oxygen atoms in total. The Balaban J connectivity index is 2.12. The Kier molecular flexibility index (Phi) is 2.96. The molecule has 0 saturated carbocycles. The number of hydrogen-bond donors (Lipinski definition) is 1. The van der Waals surface area contributed by atoms with Crippen molar-refractivity contribution in [3.63, 3.8) is 0 Å². The van der Waals surface area contributed by atoms with E-state index in [0.717, 1.165) is 43.3 Å². The maximum atomic E-state index is 14.5. The summed E-state index contributed by atoms with van der Waals surface area (Å²) in [5.74, 6) is -1.80. The molecule has 0 amide bonds. The first-order chi connectivity index (χ1) is 11.0. The van der Waals surface area contributed by atoms with Crippen LogP contribution in [0.2, 0.25) is 0 Å². The molecule has 1 aliphatic heterocycles. The monoisotopic (exact) mass is 332 g/mol. The van der Waals surface area contributed by atoms with Crippen LogP contribution in [0.3, 0.4) is 0 Å². The fourth-order valence-corrected chi connectivity index (χ4v) is 4.18. The molecule has 3 heterocycles. The number of carboxylic acids is 1. The molecule has 1 aliphatic rings. The predicted octanol–water partition coefficient (Wildman–Crippen LogP) is 2.08. The third-order valence-electron chi connectivity index (χ3n) is 4.32. The predicted molar refractivity (Wildman–Crippen MR) is 88.2 cm³/mol. The van der Waals surface area contributed by atoms with Gasteiger partial charge in [0.15, 0.2) is 0 Å². The second-order valence-corrected chi connectivity index (χ2v) is 6.72. The van der Waals surface area contributed by atoms with Gasteiger partial charge in [-0.15, -0.1) is 0 Å². The molecule has 2 aromatic heterocycles. The van der Waals surface area contributed by atoms with E-state index in [0.29, 0.717) is 20.7 Å². The summed E-state index contributed by atoms with van der Waals surface area (Å²) >= 11 is 1.16. The minimum Gasteiger partial charge on any atom is -0.477 e. The van der Waals surface area contributed by atoms with E-state index in [-0.39, 0.29) is 10.9 Å². The summed E-state index contributed by atoms with van der Waals surface area (Å²) < 4.78 is 16.7. The van der Waals surface area contributed by atoms with Gasteiger partial charge in [-0.25, -0.2) is 9.18 Å². The van der Waals surface area contributed by atoms with Crippen molar-refractivity contribution in [2.24, 2.45) is 0 Å². The summed E-state index contributed by atoms with van der Waals surface area (Å²) in [6.07, 6.45) is 2.02. The van der Waals surface area contributed by atoms with E-state index in [1.807, 2.05) is 4.90 Å². The van der Waals surface area contributed by atoms with Crippen LogP contribution >= 0.6 is 11.3 Å². The Morgan fingerprint density at radius 1 is 1.30 bits per heavy atom. The highest BCUT2D eigenvalue weighted by Crippen LogP contribution is 2.29. The third kappa shape index (κ3) is 1.89. The lowest BCUT2D eigenvalue weighted by Gasteiger charge is -2.20. The van der Waals surface area contributed by atoms with Gasteiger partial charge in [0.25, 0.3) is 0 Å². The lowest BCUT2D eigenvalue weighted by atomic mass is 10.1. The summed E-state index contributed by atoms with van der Waals surface area (Å²) in [5, 5.41) is 9.37. The number of carboxylic acid groups (broad SMARTS) is 1. The van der Waals surface area contributed by atoms with Gasteiger partial charge in [-0.3, -0.25) is 9.20 Å². The first-order valence-corrected chi connectivity index (χ1v) is 8.08. The molecule has 0 bridgehead atoms. The van der Waals surface area contributed by atoms with Crippen molar-refractivity contribution in [1.29, 1.82) is 0 Å². The number of anilines is 1. The minimum absolute atomic E-state index is 0.0769. The number of benzene rings is 1. The van der Waals surface area contributed by atoms with Crippen molar-refractivity contribution in [3.05, 3.63) is 38.4 Å². The average molecular weight is 332 g/mol. The highest BCUT2D eigenvalue weighted by Gasteiger charge is 2.24. The molecule has 0 atom stereocenters. The van der Waals surface area contributed by atoms with E-state index < -0.39 is 17.2 Å². The Bertz CT molecular complexity index is 1060. The number of hydrogen-bond acceptors (Lipinski definition) is 4. The highest BCUT2D eigenvalue weighted by molar-refractivity contribution is 7.17. The van der Waals surface area contributed by atoms with E-state index in [1.165, 1.54) is 0 Å². The molecule has 118 valence electrons. The highest BCUT2D eigenvalue weighted by atomic mass is 32.1. The number of rotatable bonds is 2. The Morgan fingerprint density at radius 3 is 2.61 bits per heavy atom. The van der Waals surface area contributed by atoms with E-state index in [4.69, 9.17) is 0 Å². The van der Waals surface area contributed by atoms with Crippen LogP contribution in [0.25, 0.3) is 22.3 Å². The minimum atomic E-state index is -1.30. The summed E-state index contributed by atoms with van der Waals surface area (Å²) in [4.78, 5) is 26.1. The smallest absolute Gasteiger partial charge is 0.342 e. The zero-order chi connectivity index (χ0) is 16.3. The Morgan fingerprint density at radius 2 is 2.00 bits per heavy atom. The molecule has 1 saturated heterocycles. The number of fused-ring (bicyclic) bond motifs is 3. The molecule has 1 aromatic carbocycles. The SMILES string of the molecule is C=c1sc2c(C(=O)O)c(=O)c3cc(F)c(N4CCCC4)cc3n12. The molecule has 4 rings (SSSR count). The van der Waals surface area contributed by atoms with E-state index in [1.54, 1.807) is 10.5 Å². The first-order valence-electron chi connectivity index (χ1n) is 7.26. The normalized spacial score (nSPS) is 15.1. The van der Waals surface area contributed by atoms with Gasteiger partial charge in [-0.2, -0.15) is 0 Å². The van der Waals surface area contributed by atoms with Crippen LogP contribution in [-0.4, -0.2) is 28.6 Å². The number of aromatic carboxylic acids is 1. The second-order valence-electron chi connectivity index (χ2n) is 5.66. The van der Waals surface area contributed by atoms with Crippen molar-refractivity contribution in [1.82, 2.24) is 4.40 Å².